The summed E-state index contributed by atoms with van der Waals surface area (Å²) in [5.74, 6) is 2.32. The van der Waals surface area contributed by atoms with Crippen LogP contribution in [0.15, 0.2) is 42.5 Å². The average Bonchev–Trinajstić information content (AvgIpc) is 3.11. The second kappa shape index (κ2) is 11.7. The van der Waals surface area contributed by atoms with E-state index in [-0.39, 0.29) is 12.5 Å². The number of carbonyl (C=O) groups excluding carboxylic acids is 1. The monoisotopic (exact) mass is 437 g/mol. The lowest BCUT2D eigenvalue weighted by molar-refractivity contribution is -0.124. The SMILES string of the molecule is COCC(=O)NCCc1nc2ccccc2n1CCCCOc1cc(C)ccc1C(C)C. The predicted octanol–water partition coefficient (Wildman–Crippen LogP) is 4.63. The van der Waals surface area contributed by atoms with Gasteiger partial charge in [0.25, 0.3) is 0 Å². The van der Waals surface area contributed by atoms with E-state index in [1.54, 1.807) is 0 Å². The Morgan fingerprint density at radius 1 is 1.16 bits per heavy atom. The van der Waals surface area contributed by atoms with Crippen molar-refractivity contribution in [3.8, 4) is 5.75 Å². The van der Waals surface area contributed by atoms with E-state index < -0.39 is 0 Å². The molecule has 1 aromatic heterocycles. The molecule has 6 heteroatoms. The zero-order valence-corrected chi connectivity index (χ0v) is 19.7. The van der Waals surface area contributed by atoms with Crippen LogP contribution in [0, 0.1) is 6.92 Å². The number of nitrogens with one attached hydrogen (secondary N) is 1. The van der Waals surface area contributed by atoms with Gasteiger partial charge in [0.1, 0.15) is 18.2 Å². The molecule has 0 spiro atoms. The van der Waals surface area contributed by atoms with Gasteiger partial charge < -0.3 is 19.4 Å². The largest absolute Gasteiger partial charge is 0.493 e. The molecule has 0 aliphatic rings. The van der Waals surface area contributed by atoms with Gasteiger partial charge in [0, 0.05) is 26.6 Å². The lowest BCUT2D eigenvalue weighted by Gasteiger charge is -2.15. The van der Waals surface area contributed by atoms with Crippen molar-refractivity contribution < 1.29 is 14.3 Å². The number of benzene rings is 2. The summed E-state index contributed by atoms with van der Waals surface area (Å²) in [6.07, 6.45) is 2.63. The van der Waals surface area contributed by atoms with E-state index in [2.05, 4.69) is 54.9 Å². The second-order valence-corrected chi connectivity index (χ2v) is 8.45. The van der Waals surface area contributed by atoms with Crippen LogP contribution in [-0.4, -0.2) is 42.3 Å². The molecule has 1 amide bonds. The van der Waals surface area contributed by atoms with Crippen LogP contribution < -0.4 is 10.1 Å². The molecule has 0 aliphatic heterocycles. The highest BCUT2D eigenvalue weighted by atomic mass is 16.5. The normalized spacial score (nSPS) is 11.3. The zero-order chi connectivity index (χ0) is 22.9. The molecule has 2 aromatic carbocycles. The van der Waals surface area contributed by atoms with Gasteiger partial charge >= 0.3 is 0 Å². The van der Waals surface area contributed by atoms with Gasteiger partial charge in [0.15, 0.2) is 0 Å². The van der Waals surface area contributed by atoms with Crippen molar-refractivity contribution in [3.05, 3.63) is 59.4 Å². The molecule has 0 bridgehead atoms. The van der Waals surface area contributed by atoms with Crippen LogP contribution in [0.5, 0.6) is 5.75 Å². The Kier molecular flexibility index (Phi) is 8.68. The summed E-state index contributed by atoms with van der Waals surface area (Å²) in [4.78, 5) is 16.5. The molecule has 6 nitrogen and oxygen atoms in total. The number of hydrogen-bond acceptors (Lipinski definition) is 4. The molecule has 172 valence electrons. The fourth-order valence-corrected chi connectivity index (χ4v) is 3.86. The number of ether oxygens (including phenoxy) is 2. The Morgan fingerprint density at radius 3 is 2.75 bits per heavy atom. The van der Waals surface area contributed by atoms with Crippen molar-refractivity contribution in [2.45, 2.75) is 52.5 Å². The first-order valence-corrected chi connectivity index (χ1v) is 11.4. The Morgan fingerprint density at radius 2 is 1.97 bits per heavy atom. The van der Waals surface area contributed by atoms with E-state index in [0.29, 0.717) is 25.5 Å². The zero-order valence-electron chi connectivity index (χ0n) is 19.7. The van der Waals surface area contributed by atoms with Crippen LogP contribution in [0.4, 0.5) is 0 Å². The number of rotatable bonds is 12. The third-order valence-corrected chi connectivity index (χ3v) is 5.50. The molecule has 0 saturated heterocycles. The fourth-order valence-electron chi connectivity index (χ4n) is 3.86. The molecule has 0 saturated carbocycles. The van der Waals surface area contributed by atoms with E-state index in [1.165, 1.54) is 18.2 Å². The summed E-state index contributed by atoms with van der Waals surface area (Å²) < 4.78 is 13.3. The number of aryl methyl sites for hydroxylation is 2. The highest BCUT2D eigenvalue weighted by molar-refractivity contribution is 5.77. The molecule has 1 N–H and O–H groups in total. The third kappa shape index (κ3) is 6.33. The lowest BCUT2D eigenvalue weighted by Crippen LogP contribution is -2.29. The van der Waals surface area contributed by atoms with Crippen molar-refractivity contribution in [1.82, 2.24) is 14.9 Å². The van der Waals surface area contributed by atoms with E-state index in [0.717, 1.165) is 42.0 Å². The maximum atomic E-state index is 11.7. The minimum atomic E-state index is -0.107. The number of aromatic nitrogens is 2. The van der Waals surface area contributed by atoms with Gasteiger partial charge in [-0.15, -0.1) is 0 Å². The standard InChI is InChI=1S/C26H35N3O3/c1-19(2)21-12-11-20(3)17-24(21)32-16-8-7-15-29-23-10-6-5-9-22(23)28-25(29)13-14-27-26(30)18-31-4/h5-6,9-12,17,19H,7-8,13-16,18H2,1-4H3,(H,27,30). The van der Waals surface area contributed by atoms with Crippen LogP contribution in [0.1, 0.15) is 49.6 Å². The molecule has 3 aromatic rings. The van der Waals surface area contributed by atoms with Gasteiger partial charge in [0.05, 0.1) is 17.6 Å². The molecule has 0 unspecified atom stereocenters. The topological polar surface area (TPSA) is 65.4 Å². The van der Waals surface area contributed by atoms with Crippen molar-refractivity contribution >= 4 is 16.9 Å². The predicted molar refractivity (Wildman–Crippen MR) is 128 cm³/mol. The molecule has 0 aliphatic carbocycles. The lowest BCUT2D eigenvalue weighted by atomic mass is 10.0. The van der Waals surface area contributed by atoms with Gasteiger partial charge in [-0.05, 0) is 55.0 Å². The minimum absolute atomic E-state index is 0.0792. The van der Waals surface area contributed by atoms with Crippen molar-refractivity contribution in [2.24, 2.45) is 0 Å². The first-order chi connectivity index (χ1) is 15.5. The highest BCUT2D eigenvalue weighted by Crippen LogP contribution is 2.27. The quantitative estimate of drug-likeness (QED) is 0.420. The van der Waals surface area contributed by atoms with Crippen molar-refractivity contribution in [1.29, 1.82) is 0 Å². The first kappa shape index (κ1) is 23.8. The third-order valence-electron chi connectivity index (χ3n) is 5.50. The van der Waals surface area contributed by atoms with E-state index >= 15 is 0 Å². The van der Waals surface area contributed by atoms with Gasteiger partial charge in [-0.3, -0.25) is 4.79 Å². The molecule has 3 rings (SSSR count). The van der Waals surface area contributed by atoms with Crippen LogP contribution in [0.2, 0.25) is 0 Å². The van der Waals surface area contributed by atoms with Gasteiger partial charge in [-0.2, -0.15) is 0 Å². The molecular formula is C26H35N3O3. The highest BCUT2D eigenvalue weighted by Gasteiger charge is 2.11. The van der Waals surface area contributed by atoms with E-state index in [1.807, 2.05) is 18.2 Å². The van der Waals surface area contributed by atoms with Gasteiger partial charge in [0.2, 0.25) is 5.91 Å². The molecular weight excluding hydrogens is 402 g/mol. The molecule has 0 fully saturated rings. The first-order valence-electron chi connectivity index (χ1n) is 11.4. The number of unbranched alkanes of at least 4 members (excludes halogenated alkanes) is 1. The molecule has 32 heavy (non-hydrogen) atoms. The minimum Gasteiger partial charge on any atom is -0.493 e. The van der Waals surface area contributed by atoms with Crippen molar-refractivity contribution in [2.75, 3.05) is 26.9 Å². The number of carbonyl (C=O) groups is 1. The molecule has 1 heterocycles. The Labute approximate surface area is 190 Å². The van der Waals surface area contributed by atoms with E-state index in [4.69, 9.17) is 14.5 Å². The van der Waals surface area contributed by atoms with Gasteiger partial charge in [-0.1, -0.05) is 38.1 Å². The number of para-hydroxylation sites is 2. The fraction of sp³-hybridized carbons (Fsp3) is 0.462. The van der Waals surface area contributed by atoms with Crippen LogP contribution >= 0.6 is 0 Å². The molecule has 0 atom stereocenters. The Hall–Kier alpha value is -2.86. The summed E-state index contributed by atoms with van der Waals surface area (Å²) in [7, 11) is 1.52. The summed E-state index contributed by atoms with van der Waals surface area (Å²) >= 11 is 0. The number of methoxy groups -OCH3 is 1. The summed E-state index contributed by atoms with van der Waals surface area (Å²) in [5, 5.41) is 2.88. The summed E-state index contributed by atoms with van der Waals surface area (Å²) in [6.45, 7) is 8.67. The number of imidazole rings is 1. The van der Waals surface area contributed by atoms with Crippen molar-refractivity contribution in [3.63, 3.8) is 0 Å². The number of fused-ring (bicyclic) bond motifs is 1. The summed E-state index contributed by atoms with van der Waals surface area (Å²) in [5.41, 5.74) is 4.60. The number of hydrogen-bond donors (Lipinski definition) is 1. The van der Waals surface area contributed by atoms with Crippen LogP contribution in [0.3, 0.4) is 0 Å². The Bertz CT molecular complexity index is 1030. The van der Waals surface area contributed by atoms with E-state index in [9.17, 15) is 4.79 Å². The maximum Gasteiger partial charge on any atom is 0.245 e. The smallest absolute Gasteiger partial charge is 0.245 e. The Balaban J connectivity index is 1.57. The van der Waals surface area contributed by atoms with Crippen LogP contribution in [0.25, 0.3) is 11.0 Å². The van der Waals surface area contributed by atoms with Crippen LogP contribution in [-0.2, 0) is 22.5 Å². The maximum absolute atomic E-state index is 11.7. The van der Waals surface area contributed by atoms with Gasteiger partial charge in [-0.25, -0.2) is 4.98 Å². The number of nitrogens with zero attached hydrogens (tertiary/aromatic N) is 2. The average molecular weight is 438 g/mol. The second-order valence-electron chi connectivity index (χ2n) is 8.45. The number of amides is 1. The summed E-state index contributed by atoms with van der Waals surface area (Å²) in [6, 6.07) is 14.6. The molecule has 0 radical (unpaired) electrons.